The minimum absolute atomic E-state index is 0.0271. The van der Waals surface area contributed by atoms with Crippen LogP contribution in [0.15, 0.2) is 61.1 Å². The number of benzene rings is 1. The van der Waals surface area contributed by atoms with Crippen LogP contribution < -0.4 is 4.74 Å². The van der Waals surface area contributed by atoms with Crippen LogP contribution in [0.4, 0.5) is 0 Å². The Balaban J connectivity index is 1.31. The summed E-state index contributed by atoms with van der Waals surface area (Å²) in [6.07, 6.45) is 14.6. The molecule has 2 aromatic heterocycles. The van der Waals surface area contributed by atoms with Gasteiger partial charge in [-0.25, -0.2) is 0 Å². The third-order valence-corrected chi connectivity index (χ3v) is 6.03. The van der Waals surface area contributed by atoms with Gasteiger partial charge in [-0.1, -0.05) is 25.3 Å². The molecule has 0 aliphatic rings. The number of nitrogens with zero attached hydrogens (tertiary/aromatic N) is 2. The molecule has 38 heavy (non-hydrogen) atoms. The quantitative estimate of drug-likeness (QED) is 0.0998. The van der Waals surface area contributed by atoms with E-state index in [-0.39, 0.29) is 25.2 Å². The Morgan fingerprint density at radius 2 is 1.74 bits per heavy atom. The molecule has 2 heterocycles. The van der Waals surface area contributed by atoms with Crippen molar-refractivity contribution in [2.24, 2.45) is 0 Å². The van der Waals surface area contributed by atoms with E-state index >= 15 is 0 Å². The second kappa shape index (κ2) is 16.1. The van der Waals surface area contributed by atoms with Crippen molar-refractivity contribution in [2.45, 2.75) is 57.9 Å². The second-order valence-corrected chi connectivity index (χ2v) is 9.02. The van der Waals surface area contributed by atoms with Crippen molar-refractivity contribution in [3.63, 3.8) is 0 Å². The number of ketones is 1. The number of carbonyl (C=O) groups is 3. The largest absolute Gasteiger partial charge is 0.463 e. The molecule has 0 spiro atoms. The normalized spacial score (nSPS) is 11.2. The molecule has 0 bridgehead atoms. The van der Waals surface area contributed by atoms with Gasteiger partial charge in [-0.15, -0.1) is 0 Å². The molecule has 0 aliphatic carbocycles. The summed E-state index contributed by atoms with van der Waals surface area (Å²) < 4.78 is 17.3. The lowest BCUT2D eigenvalue weighted by molar-refractivity contribution is -0.147. The summed E-state index contributed by atoms with van der Waals surface area (Å²) in [5.41, 5.74) is 2.02. The number of fused-ring (bicyclic) bond motifs is 1. The number of unbranched alkanes of at least 4 members (excludes halogenated alkanes) is 4. The van der Waals surface area contributed by atoms with Crippen molar-refractivity contribution in [3.05, 3.63) is 66.6 Å². The van der Waals surface area contributed by atoms with Crippen LogP contribution in [0.25, 0.3) is 17.0 Å². The summed E-state index contributed by atoms with van der Waals surface area (Å²) >= 11 is 0. The lowest BCUT2D eigenvalue weighted by Gasteiger charge is -2.08. The van der Waals surface area contributed by atoms with Gasteiger partial charge in [0.2, 0.25) is 0 Å². The first-order chi connectivity index (χ1) is 18.5. The number of carbonyl (C=O) groups excluding carboxylic acids is 3. The van der Waals surface area contributed by atoms with Crippen molar-refractivity contribution in [3.8, 4) is 5.75 Å². The van der Waals surface area contributed by atoms with Crippen LogP contribution in [0.5, 0.6) is 5.75 Å². The van der Waals surface area contributed by atoms with Crippen LogP contribution >= 0.6 is 0 Å². The predicted octanol–water partition coefficient (Wildman–Crippen LogP) is 5.53. The van der Waals surface area contributed by atoms with Crippen LogP contribution in [0, 0.1) is 0 Å². The molecule has 0 unspecified atom stereocenters. The number of aromatic nitrogens is 2. The highest BCUT2D eigenvalue weighted by molar-refractivity contribution is 5.93. The fraction of sp³-hybridized carbons (Fsp3) is 0.400. The number of ether oxygens (including phenoxy) is 3. The van der Waals surface area contributed by atoms with Crippen LogP contribution in [0.3, 0.4) is 0 Å². The molecule has 1 aromatic carbocycles. The number of aryl methyl sites for hydroxylation is 1. The van der Waals surface area contributed by atoms with Gasteiger partial charge < -0.3 is 18.8 Å². The molecule has 0 N–H and O–H groups in total. The van der Waals surface area contributed by atoms with Gasteiger partial charge in [0.1, 0.15) is 12.4 Å². The minimum atomic E-state index is -0.473. The van der Waals surface area contributed by atoms with Gasteiger partial charge >= 0.3 is 11.9 Å². The molecule has 3 aromatic rings. The summed E-state index contributed by atoms with van der Waals surface area (Å²) in [4.78, 5) is 39.7. The lowest BCUT2D eigenvalue weighted by Crippen LogP contribution is -2.14. The van der Waals surface area contributed by atoms with Gasteiger partial charge in [0.25, 0.3) is 0 Å². The molecule has 0 radical (unpaired) electrons. The smallest absolute Gasteiger partial charge is 0.311 e. The van der Waals surface area contributed by atoms with E-state index in [2.05, 4.69) is 9.55 Å². The monoisotopic (exact) mass is 520 g/mol. The van der Waals surface area contributed by atoms with Crippen molar-refractivity contribution in [1.29, 1.82) is 0 Å². The van der Waals surface area contributed by atoms with Gasteiger partial charge in [-0.05, 0) is 60.9 Å². The van der Waals surface area contributed by atoms with Gasteiger partial charge in [-0.2, -0.15) is 0 Å². The van der Waals surface area contributed by atoms with Gasteiger partial charge in [0.05, 0.1) is 19.4 Å². The summed E-state index contributed by atoms with van der Waals surface area (Å²) in [6, 6.07) is 11.3. The number of methoxy groups -OCH3 is 1. The number of rotatable bonds is 17. The van der Waals surface area contributed by atoms with E-state index in [9.17, 15) is 14.4 Å². The Morgan fingerprint density at radius 3 is 2.55 bits per heavy atom. The van der Waals surface area contributed by atoms with Crippen LogP contribution in [0.1, 0.15) is 56.9 Å². The van der Waals surface area contributed by atoms with E-state index in [4.69, 9.17) is 14.2 Å². The Kier molecular flexibility index (Phi) is 12.2. The van der Waals surface area contributed by atoms with Gasteiger partial charge in [0.15, 0.2) is 5.78 Å². The molecular formula is C30H36N2O6. The summed E-state index contributed by atoms with van der Waals surface area (Å²) in [5, 5.41) is 0.993. The SMILES string of the molecule is COCCOC(=O)CCC(=O)Oc1ccc2c(ccn2CCCCCCCC(=O)/C=C/c2cccnc2)c1. The average Bonchev–Trinajstić information content (AvgIpc) is 3.33. The van der Waals surface area contributed by atoms with Crippen LogP contribution in [0.2, 0.25) is 0 Å². The lowest BCUT2D eigenvalue weighted by atomic mass is 10.1. The number of hydrogen-bond acceptors (Lipinski definition) is 7. The zero-order valence-corrected chi connectivity index (χ0v) is 22.0. The van der Waals surface area contributed by atoms with E-state index in [1.807, 2.05) is 42.6 Å². The third-order valence-electron chi connectivity index (χ3n) is 6.03. The molecule has 202 valence electrons. The topological polar surface area (TPSA) is 96.7 Å². The fourth-order valence-electron chi connectivity index (χ4n) is 3.99. The Morgan fingerprint density at radius 1 is 0.921 bits per heavy atom. The number of pyridine rings is 1. The first-order valence-corrected chi connectivity index (χ1v) is 13.1. The molecule has 0 atom stereocenters. The van der Waals surface area contributed by atoms with Crippen molar-refractivity contribution in [2.75, 3.05) is 20.3 Å². The third kappa shape index (κ3) is 10.3. The van der Waals surface area contributed by atoms with E-state index in [0.29, 0.717) is 18.8 Å². The maximum absolute atomic E-state index is 12.1. The summed E-state index contributed by atoms with van der Waals surface area (Å²) in [7, 11) is 1.52. The van der Waals surface area contributed by atoms with E-state index < -0.39 is 11.9 Å². The molecule has 0 saturated carbocycles. The zero-order chi connectivity index (χ0) is 27.0. The van der Waals surface area contributed by atoms with Crippen LogP contribution in [-0.2, 0) is 30.4 Å². The first kappa shape index (κ1) is 28.8. The molecular weight excluding hydrogens is 484 g/mol. The fourth-order valence-corrected chi connectivity index (χ4v) is 3.99. The van der Waals surface area contributed by atoms with Crippen molar-refractivity contribution < 1.29 is 28.6 Å². The second-order valence-electron chi connectivity index (χ2n) is 9.02. The first-order valence-electron chi connectivity index (χ1n) is 13.1. The molecule has 0 fully saturated rings. The number of hydrogen-bond donors (Lipinski definition) is 0. The van der Waals surface area contributed by atoms with Gasteiger partial charge in [0, 0.05) is 49.6 Å². The Labute approximate surface area is 223 Å². The van der Waals surface area contributed by atoms with Crippen molar-refractivity contribution in [1.82, 2.24) is 9.55 Å². The number of allylic oxidation sites excluding steroid dienone is 1. The molecule has 0 aliphatic heterocycles. The summed E-state index contributed by atoms with van der Waals surface area (Å²) in [6.45, 7) is 1.40. The molecule has 8 heteroatoms. The predicted molar refractivity (Wildman–Crippen MR) is 146 cm³/mol. The summed E-state index contributed by atoms with van der Waals surface area (Å²) in [5.74, 6) is -0.316. The van der Waals surface area contributed by atoms with E-state index in [1.165, 1.54) is 7.11 Å². The van der Waals surface area contributed by atoms with Crippen LogP contribution in [-0.4, -0.2) is 47.6 Å². The molecule has 0 amide bonds. The maximum Gasteiger partial charge on any atom is 0.311 e. The molecule has 8 nitrogen and oxygen atoms in total. The van der Waals surface area contributed by atoms with Crippen molar-refractivity contribution >= 4 is 34.7 Å². The Hall–Kier alpha value is -3.78. The standard InChI is InChI=1S/C30H36N2O6/c1-36-20-21-37-29(34)14-15-30(35)38-27-12-13-28-25(22-27)16-19-32(28)18-6-4-2-3-5-9-26(33)11-10-24-8-7-17-31-23-24/h7-8,10-13,16-17,19,22-23H,2-6,9,14-15,18,20-21H2,1H3/b11-10+. The highest BCUT2D eigenvalue weighted by atomic mass is 16.6. The highest BCUT2D eigenvalue weighted by Gasteiger charge is 2.11. The number of esters is 2. The highest BCUT2D eigenvalue weighted by Crippen LogP contribution is 2.23. The van der Waals surface area contributed by atoms with E-state index in [0.717, 1.165) is 55.1 Å². The average molecular weight is 521 g/mol. The molecule has 3 rings (SSSR count). The Bertz CT molecular complexity index is 1200. The van der Waals surface area contributed by atoms with E-state index in [1.54, 1.807) is 24.5 Å². The van der Waals surface area contributed by atoms with Gasteiger partial charge in [-0.3, -0.25) is 19.4 Å². The minimum Gasteiger partial charge on any atom is -0.463 e. The molecule has 0 saturated heterocycles. The zero-order valence-electron chi connectivity index (χ0n) is 22.0. The maximum atomic E-state index is 12.1.